The number of hydrogen-bond donors (Lipinski definition) is 1. The van der Waals surface area contributed by atoms with Gasteiger partial charge in [-0.3, -0.25) is 10.1 Å². The molecule has 4 atom stereocenters. The highest BCUT2D eigenvalue weighted by molar-refractivity contribution is 5.74. The molecule has 5 heteroatoms. The van der Waals surface area contributed by atoms with E-state index in [2.05, 4.69) is 0 Å². The molecule has 4 unspecified atom stereocenters. The van der Waals surface area contributed by atoms with Crippen LogP contribution in [0.3, 0.4) is 0 Å². The summed E-state index contributed by atoms with van der Waals surface area (Å²) in [5.74, 6) is -0.131. The normalized spacial score (nSPS) is 33.1. The van der Waals surface area contributed by atoms with Gasteiger partial charge in [-0.15, -0.1) is 0 Å². The minimum absolute atomic E-state index is 0.131. The molecule has 0 amide bonds. The van der Waals surface area contributed by atoms with E-state index >= 15 is 0 Å². The second kappa shape index (κ2) is 4.43. The summed E-state index contributed by atoms with van der Waals surface area (Å²) >= 11 is 0. The van der Waals surface area contributed by atoms with Gasteiger partial charge in [0.15, 0.2) is 6.29 Å². The van der Waals surface area contributed by atoms with E-state index in [1.54, 1.807) is 0 Å². The van der Waals surface area contributed by atoms with Crippen LogP contribution in [0.2, 0.25) is 0 Å². The fourth-order valence-electron chi connectivity index (χ4n) is 2.94. The van der Waals surface area contributed by atoms with Gasteiger partial charge >= 0.3 is 0 Å². The van der Waals surface area contributed by atoms with Gasteiger partial charge in [0.05, 0.1) is 6.10 Å². The van der Waals surface area contributed by atoms with Crippen molar-refractivity contribution in [1.82, 2.24) is 0 Å². The van der Waals surface area contributed by atoms with Crippen LogP contribution in [0, 0.1) is 16.0 Å². The summed E-state index contributed by atoms with van der Waals surface area (Å²) in [6.07, 6.45) is 0.827. The van der Waals surface area contributed by atoms with Crippen LogP contribution in [0.1, 0.15) is 30.8 Å². The van der Waals surface area contributed by atoms with Gasteiger partial charge in [-0.25, -0.2) is 0 Å². The summed E-state index contributed by atoms with van der Waals surface area (Å²) < 4.78 is 5.53. The zero-order valence-electron chi connectivity index (χ0n) is 10.5. The van der Waals surface area contributed by atoms with Crippen LogP contribution in [0.15, 0.2) is 30.3 Å². The van der Waals surface area contributed by atoms with E-state index < -0.39 is 18.4 Å². The van der Waals surface area contributed by atoms with Crippen molar-refractivity contribution in [2.45, 2.75) is 31.8 Å². The number of aliphatic hydroxyl groups is 1. The Morgan fingerprint density at radius 2 is 2.16 bits per heavy atom. The van der Waals surface area contributed by atoms with E-state index in [-0.39, 0.29) is 10.8 Å². The Balaban J connectivity index is 2.06. The molecular weight excluding hydrogens is 246 g/mol. The summed E-state index contributed by atoms with van der Waals surface area (Å²) in [6.45, 7) is 1.85. The maximum Gasteiger partial charge on any atom is 0.221 e. The SMILES string of the molecule is CC1C=C2c3ccccc3C(O)OC2CC1[N+](=O)[O-]. The first kappa shape index (κ1) is 12.3. The van der Waals surface area contributed by atoms with E-state index in [1.807, 2.05) is 37.3 Å². The van der Waals surface area contributed by atoms with Gasteiger partial charge < -0.3 is 9.84 Å². The first-order valence-electron chi connectivity index (χ1n) is 6.36. The van der Waals surface area contributed by atoms with Crippen LogP contribution >= 0.6 is 0 Å². The number of hydrogen-bond acceptors (Lipinski definition) is 4. The third-order valence-electron chi connectivity index (χ3n) is 3.95. The van der Waals surface area contributed by atoms with Gasteiger partial charge in [0.1, 0.15) is 0 Å². The van der Waals surface area contributed by atoms with E-state index in [4.69, 9.17) is 4.74 Å². The van der Waals surface area contributed by atoms with Crippen molar-refractivity contribution in [3.8, 4) is 0 Å². The average molecular weight is 261 g/mol. The lowest BCUT2D eigenvalue weighted by Gasteiger charge is -2.36. The van der Waals surface area contributed by atoms with Gasteiger partial charge in [-0.05, 0) is 11.1 Å². The van der Waals surface area contributed by atoms with Gasteiger partial charge in [0, 0.05) is 22.8 Å². The molecule has 1 aromatic rings. The molecule has 5 nitrogen and oxygen atoms in total. The smallest absolute Gasteiger partial charge is 0.221 e. The van der Waals surface area contributed by atoms with Gasteiger partial charge in [-0.2, -0.15) is 0 Å². The summed E-state index contributed by atoms with van der Waals surface area (Å²) in [4.78, 5) is 10.8. The molecule has 0 saturated heterocycles. The van der Waals surface area contributed by atoms with Gasteiger partial charge in [0.25, 0.3) is 0 Å². The Kier molecular flexibility index (Phi) is 2.88. The average Bonchev–Trinajstić information content (AvgIpc) is 2.39. The number of aliphatic hydroxyl groups excluding tert-OH is 1. The topological polar surface area (TPSA) is 72.6 Å². The minimum atomic E-state index is -1.00. The third-order valence-corrected chi connectivity index (χ3v) is 3.95. The number of nitro groups is 1. The number of ether oxygens (including phenoxy) is 1. The Morgan fingerprint density at radius 1 is 1.42 bits per heavy atom. The number of fused-ring (bicyclic) bond motifs is 3. The fraction of sp³-hybridized carbons (Fsp3) is 0.429. The van der Waals surface area contributed by atoms with Crippen LogP contribution in [0.4, 0.5) is 0 Å². The molecule has 0 bridgehead atoms. The van der Waals surface area contributed by atoms with Crippen LogP contribution in [0.5, 0.6) is 0 Å². The number of benzene rings is 1. The monoisotopic (exact) mass is 261 g/mol. The van der Waals surface area contributed by atoms with Crippen molar-refractivity contribution in [3.63, 3.8) is 0 Å². The lowest BCUT2D eigenvalue weighted by Crippen LogP contribution is -2.39. The lowest BCUT2D eigenvalue weighted by atomic mass is 9.80. The molecule has 1 heterocycles. The highest BCUT2D eigenvalue weighted by atomic mass is 16.6. The zero-order valence-corrected chi connectivity index (χ0v) is 10.5. The van der Waals surface area contributed by atoms with Crippen molar-refractivity contribution < 1.29 is 14.8 Å². The summed E-state index contributed by atoms with van der Waals surface area (Å²) in [5.41, 5.74) is 2.64. The van der Waals surface area contributed by atoms with E-state index in [0.717, 1.165) is 16.7 Å². The van der Waals surface area contributed by atoms with E-state index in [9.17, 15) is 15.2 Å². The molecule has 0 fully saturated rings. The summed E-state index contributed by atoms with van der Waals surface area (Å²) in [6, 6.07) is 6.85. The van der Waals surface area contributed by atoms with Crippen molar-refractivity contribution in [1.29, 1.82) is 0 Å². The second-order valence-corrected chi connectivity index (χ2v) is 5.13. The van der Waals surface area contributed by atoms with Crippen molar-refractivity contribution in [3.05, 3.63) is 51.6 Å². The van der Waals surface area contributed by atoms with Crippen molar-refractivity contribution in [2.75, 3.05) is 0 Å². The standard InChI is InChI=1S/C14H15NO4/c1-8-6-11-9-4-2-3-5-10(9)14(16)19-13(11)7-12(8)15(17)18/h2-6,8,12-14,16H,7H2,1H3. The quantitative estimate of drug-likeness (QED) is 0.621. The molecule has 3 rings (SSSR count). The molecule has 100 valence electrons. The largest absolute Gasteiger partial charge is 0.364 e. The molecule has 19 heavy (non-hydrogen) atoms. The Bertz CT molecular complexity index is 554. The zero-order chi connectivity index (χ0) is 13.6. The van der Waals surface area contributed by atoms with Crippen LogP contribution < -0.4 is 0 Å². The minimum Gasteiger partial charge on any atom is -0.364 e. The number of rotatable bonds is 1. The molecule has 0 spiro atoms. The first-order chi connectivity index (χ1) is 9.08. The third kappa shape index (κ3) is 1.95. The second-order valence-electron chi connectivity index (χ2n) is 5.13. The van der Waals surface area contributed by atoms with Crippen molar-refractivity contribution >= 4 is 5.57 Å². The molecule has 1 aliphatic heterocycles. The molecule has 1 N–H and O–H groups in total. The van der Waals surface area contributed by atoms with Crippen LogP contribution in [0.25, 0.3) is 5.57 Å². The van der Waals surface area contributed by atoms with Crippen molar-refractivity contribution in [2.24, 2.45) is 5.92 Å². The summed E-state index contributed by atoms with van der Waals surface area (Å²) in [5, 5.41) is 21.0. The number of nitrogens with zero attached hydrogens (tertiary/aromatic N) is 1. The summed E-state index contributed by atoms with van der Waals surface area (Å²) in [7, 11) is 0. The Morgan fingerprint density at radius 3 is 2.89 bits per heavy atom. The Hall–Kier alpha value is -1.72. The molecule has 1 aliphatic carbocycles. The van der Waals surface area contributed by atoms with Crippen LogP contribution in [-0.4, -0.2) is 22.2 Å². The predicted octanol–water partition coefficient (Wildman–Crippen LogP) is 2.14. The fourth-order valence-corrected chi connectivity index (χ4v) is 2.94. The predicted molar refractivity (Wildman–Crippen MR) is 68.8 cm³/mol. The molecule has 1 aromatic carbocycles. The van der Waals surface area contributed by atoms with Gasteiger partial charge in [0.2, 0.25) is 6.04 Å². The van der Waals surface area contributed by atoms with Gasteiger partial charge in [-0.1, -0.05) is 37.3 Å². The molecule has 0 radical (unpaired) electrons. The molecular formula is C14H15NO4. The lowest BCUT2D eigenvalue weighted by molar-refractivity contribution is -0.532. The molecule has 0 saturated carbocycles. The van der Waals surface area contributed by atoms with Crippen LogP contribution in [-0.2, 0) is 4.74 Å². The Labute approximate surface area is 110 Å². The maximum absolute atomic E-state index is 11.0. The highest BCUT2D eigenvalue weighted by Crippen LogP contribution is 2.42. The highest BCUT2D eigenvalue weighted by Gasteiger charge is 2.41. The van der Waals surface area contributed by atoms with E-state index in [1.165, 1.54) is 0 Å². The molecule has 0 aromatic heterocycles. The maximum atomic E-state index is 11.0. The molecule has 2 aliphatic rings. The first-order valence-corrected chi connectivity index (χ1v) is 6.36. The van der Waals surface area contributed by atoms with E-state index in [0.29, 0.717) is 6.42 Å².